The first kappa shape index (κ1) is 12.8. The van der Waals surface area contributed by atoms with Crippen molar-refractivity contribution in [3.8, 4) is 0 Å². The minimum Gasteiger partial charge on any atom is -0.329 e. The summed E-state index contributed by atoms with van der Waals surface area (Å²) < 4.78 is 2.13. The summed E-state index contributed by atoms with van der Waals surface area (Å²) >= 11 is 0. The molecule has 4 nitrogen and oxygen atoms in total. The van der Waals surface area contributed by atoms with Gasteiger partial charge in [-0.3, -0.25) is 11.3 Å². The second kappa shape index (κ2) is 5.45. The zero-order chi connectivity index (χ0) is 13.9. The van der Waals surface area contributed by atoms with Gasteiger partial charge >= 0.3 is 0 Å². The predicted octanol–water partition coefficient (Wildman–Crippen LogP) is 2.55. The number of imidazole rings is 1. The van der Waals surface area contributed by atoms with E-state index >= 15 is 0 Å². The zero-order valence-electron chi connectivity index (χ0n) is 11.5. The topological polar surface area (TPSA) is 55.9 Å². The van der Waals surface area contributed by atoms with Gasteiger partial charge in [-0.05, 0) is 30.2 Å². The Balaban J connectivity index is 1.94. The Morgan fingerprint density at radius 1 is 1.15 bits per heavy atom. The SMILES string of the molecule is Cc1ccccc1C(Cn1cnc2ccccc21)NN. The average molecular weight is 266 g/mol. The number of nitrogens with zero attached hydrogens (tertiary/aromatic N) is 2. The van der Waals surface area contributed by atoms with Crippen molar-refractivity contribution in [2.45, 2.75) is 19.5 Å². The summed E-state index contributed by atoms with van der Waals surface area (Å²) in [5, 5.41) is 0. The highest BCUT2D eigenvalue weighted by Crippen LogP contribution is 2.21. The van der Waals surface area contributed by atoms with E-state index in [1.165, 1.54) is 11.1 Å². The number of nitrogens with two attached hydrogens (primary N) is 1. The van der Waals surface area contributed by atoms with E-state index in [0.29, 0.717) is 0 Å². The molecule has 1 heterocycles. The number of nitrogens with one attached hydrogen (secondary N) is 1. The van der Waals surface area contributed by atoms with Crippen LogP contribution >= 0.6 is 0 Å². The number of aryl methyl sites for hydroxylation is 1. The van der Waals surface area contributed by atoms with Crippen LogP contribution in [0.1, 0.15) is 17.2 Å². The summed E-state index contributed by atoms with van der Waals surface area (Å²) in [6.45, 7) is 2.85. The van der Waals surface area contributed by atoms with Gasteiger partial charge in [0.25, 0.3) is 0 Å². The lowest BCUT2D eigenvalue weighted by Gasteiger charge is -2.19. The second-order valence-electron chi connectivity index (χ2n) is 4.96. The predicted molar refractivity (Wildman–Crippen MR) is 81.0 cm³/mol. The molecule has 0 saturated heterocycles. The number of hydrogen-bond donors (Lipinski definition) is 2. The molecule has 0 radical (unpaired) electrons. The molecular formula is C16H18N4. The summed E-state index contributed by atoms with van der Waals surface area (Å²) in [5.41, 5.74) is 7.50. The Morgan fingerprint density at radius 2 is 1.90 bits per heavy atom. The fourth-order valence-corrected chi connectivity index (χ4v) is 2.57. The third-order valence-electron chi connectivity index (χ3n) is 3.67. The van der Waals surface area contributed by atoms with E-state index in [1.54, 1.807) is 0 Å². The lowest BCUT2D eigenvalue weighted by atomic mass is 10.0. The van der Waals surface area contributed by atoms with E-state index < -0.39 is 0 Å². The van der Waals surface area contributed by atoms with E-state index in [2.05, 4.69) is 40.1 Å². The van der Waals surface area contributed by atoms with Crippen molar-refractivity contribution in [2.75, 3.05) is 0 Å². The molecule has 1 atom stereocenters. The van der Waals surface area contributed by atoms with Gasteiger partial charge in [0.15, 0.2) is 0 Å². The van der Waals surface area contributed by atoms with Crippen LogP contribution in [0.25, 0.3) is 11.0 Å². The standard InChI is InChI=1S/C16H18N4/c1-12-6-2-3-7-13(12)15(19-17)10-20-11-18-14-8-4-5-9-16(14)20/h2-9,11,15,19H,10,17H2,1H3. The molecule has 0 aliphatic rings. The number of aromatic nitrogens is 2. The van der Waals surface area contributed by atoms with Gasteiger partial charge in [-0.25, -0.2) is 4.98 Å². The molecule has 2 aromatic carbocycles. The van der Waals surface area contributed by atoms with Gasteiger partial charge < -0.3 is 4.57 Å². The van der Waals surface area contributed by atoms with Crippen molar-refractivity contribution in [1.29, 1.82) is 0 Å². The van der Waals surface area contributed by atoms with Crippen LogP contribution < -0.4 is 11.3 Å². The molecule has 0 saturated carbocycles. The molecule has 0 aliphatic carbocycles. The molecule has 0 fully saturated rings. The molecule has 0 bridgehead atoms. The van der Waals surface area contributed by atoms with Crippen molar-refractivity contribution in [2.24, 2.45) is 5.84 Å². The highest BCUT2D eigenvalue weighted by atomic mass is 15.2. The second-order valence-corrected chi connectivity index (χ2v) is 4.96. The molecular weight excluding hydrogens is 248 g/mol. The third kappa shape index (κ3) is 2.31. The number of hydrogen-bond acceptors (Lipinski definition) is 3. The molecule has 3 aromatic rings. The van der Waals surface area contributed by atoms with Crippen molar-refractivity contribution < 1.29 is 0 Å². The number of benzene rings is 2. The quantitative estimate of drug-likeness (QED) is 0.563. The molecule has 1 aromatic heterocycles. The first-order valence-corrected chi connectivity index (χ1v) is 6.71. The van der Waals surface area contributed by atoms with Crippen LogP contribution in [-0.4, -0.2) is 9.55 Å². The van der Waals surface area contributed by atoms with Crippen LogP contribution in [0, 0.1) is 6.92 Å². The van der Waals surface area contributed by atoms with E-state index in [9.17, 15) is 0 Å². The van der Waals surface area contributed by atoms with Crippen molar-refractivity contribution in [3.05, 3.63) is 66.0 Å². The smallest absolute Gasteiger partial charge is 0.0958 e. The molecule has 3 rings (SSSR count). The van der Waals surface area contributed by atoms with Gasteiger partial charge in [0.1, 0.15) is 0 Å². The third-order valence-corrected chi connectivity index (χ3v) is 3.67. The lowest BCUT2D eigenvalue weighted by molar-refractivity contribution is 0.479. The Kier molecular flexibility index (Phi) is 3.50. The normalized spacial score (nSPS) is 12.7. The number of para-hydroxylation sites is 2. The summed E-state index contributed by atoms with van der Waals surface area (Å²) in [5.74, 6) is 5.75. The van der Waals surface area contributed by atoms with Gasteiger partial charge in [-0.1, -0.05) is 36.4 Å². The highest BCUT2D eigenvalue weighted by Gasteiger charge is 2.13. The maximum Gasteiger partial charge on any atom is 0.0958 e. The molecule has 20 heavy (non-hydrogen) atoms. The van der Waals surface area contributed by atoms with Gasteiger partial charge in [-0.15, -0.1) is 0 Å². The first-order chi connectivity index (χ1) is 9.79. The molecule has 3 N–H and O–H groups in total. The Hall–Kier alpha value is -2.17. The monoisotopic (exact) mass is 266 g/mol. The minimum atomic E-state index is 0.0637. The van der Waals surface area contributed by atoms with Crippen molar-refractivity contribution in [1.82, 2.24) is 15.0 Å². The molecule has 1 unspecified atom stereocenters. The zero-order valence-corrected chi connectivity index (χ0v) is 11.5. The van der Waals surface area contributed by atoms with Gasteiger partial charge in [0.2, 0.25) is 0 Å². The Morgan fingerprint density at radius 3 is 2.70 bits per heavy atom. The van der Waals surface area contributed by atoms with Gasteiger partial charge in [0.05, 0.1) is 23.4 Å². The minimum absolute atomic E-state index is 0.0637. The lowest BCUT2D eigenvalue weighted by Crippen LogP contribution is -2.31. The van der Waals surface area contributed by atoms with E-state index in [4.69, 9.17) is 5.84 Å². The summed E-state index contributed by atoms with van der Waals surface area (Å²) in [6.07, 6.45) is 1.87. The molecule has 0 spiro atoms. The fraction of sp³-hybridized carbons (Fsp3) is 0.188. The van der Waals surface area contributed by atoms with Crippen molar-refractivity contribution >= 4 is 11.0 Å². The van der Waals surface area contributed by atoms with Crippen LogP contribution in [-0.2, 0) is 6.54 Å². The van der Waals surface area contributed by atoms with Crippen LogP contribution in [0.2, 0.25) is 0 Å². The van der Waals surface area contributed by atoms with E-state index in [0.717, 1.165) is 17.6 Å². The Labute approximate surface area is 118 Å². The van der Waals surface area contributed by atoms with Crippen LogP contribution in [0.4, 0.5) is 0 Å². The van der Waals surface area contributed by atoms with Crippen molar-refractivity contribution in [3.63, 3.8) is 0 Å². The largest absolute Gasteiger partial charge is 0.329 e. The molecule has 102 valence electrons. The van der Waals surface area contributed by atoms with Gasteiger partial charge in [-0.2, -0.15) is 0 Å². The Bertz CT molecular complexity index is 717. The maximum atomic E-state index is 5.75. The van der Waals surface area contributed by atoms with Crippen LogP contribution in [0.5, 0.6) is 0 Å². The van der Waals surface area contributed by atoms with Gasteiger partial charge in [0, 0.05) is 6.54 Å². The molecule has 4 heteroatoms. The van der Waals surface area contributed by atoms with Crippen LogP contribution in [0.3, 0.4) is 0 Å². The van der Waals surface area contributed by atoms with E-state index in [1.807, 2.05) is 36.7 Å². The molecule has 0 amide bonds. The molecule has 0 aliphatic heterocycles. The van der Waals surface area contributed by atoms with Crippen LogP contribution in [0.15, 0.2) is 54.9 Å². The number of rotatable bonds is 4. The average Bonchev–Trinajstić information content (AvgIpc) is 2.89. The number of hydrazine groups is 1. The maximum absolute atomic E-state index is 5.75. The summed E-state index contributed by atoms with van der Waals surface area (Å²) in [6, 6.07) is 16.5. The number of fused-ring (bicyclic) bond motifs is 1. The highest BCUT2D eigenvalue weighted by molar-refractivity contribution is 5.74. The van der Waals surface area contributed by atoms with E-state index in [-0.39, 0.29) is 6.04 Å². The fourth-order valence-electron chi connectivity index (χ4n) is 2.57. The summed E-state index contributed by atoms with van der Waals surface area (Å²) in [7, 11) is 0. The summed E-state index contributed by atoms with van der Waals surface area (Å²) in [4.78, 5) is 4.42. The first-order valence-electron chi connectivity index (χ1n) is 6.71.